The highest BCUT2D eigenvalue weighted by Crippen LogP contribution is 2.30. The summed E-state index contributed by atoms with van der Waals surface area (Å²) >= 11 is 1.24. The molecule has 1 aromatic heterocycles. The number of rotatable bonds is 6. The van der Waals surface area contributed by atoms with E-state index in [9.17, 15) is 14.4 Å². The van der Waals surface area contributed by atoms with Crippen molar-refractivity contribution >= 4 is 34.4 Å². The zero-order valence-corrected chi connectivity index (χ0v) is 17.9. The van der Waals surface area contributed by atoms with Crippen LogP contribution in [0.4, 0.5) is 9.93 Å². The van der Waals surface area contributed by atoms with Crippen molar-refractivity contribution < 1.29 is 24.2 Å². The number of aromatic carboxylic acids is 1. The number of thiazole rings is 1. The van der Waals surface area contributed by atoms with Gasteiger partial charge in [-0.1, -0.05) is 53.8 Å². The third kappa shape index (κ3) is 4.94. The molecule has 1 saturated heterocycles. The summed E-state index contributed by atoms with van der Waals surface area (Å²) in [6, 6.07) is 15.3. The van der Waals surface area contributed by atoms with Gasteiger partial charge in [0, 0.05) is 12.7 Å². The minimum absolute atomic E-state index is 0.149. The van der Waals surface area contributed by atoms with E-state index in [-0.39, 0.29) is 18.1 Å². The zero-order chi connectivity index (χ0) is 22.5. The number of anilines is 1. The first-order valence-electron chi connectivity index (χ1n) is 10.1. The lowest BCUT2D eigenvalue weighted by Crippen LogP contribution is -2.43. The maximum atomic E-state index is 12.8. The van der Waals surface area contributed by atoms with Crippen LogP contribution < -0.4 is 5.32 Å². The minimum atomic E-state index is -1.01. The summed E-state index contributed by atoms with van der Waals surface area (Å²) in [6.07, 6.45) is 2.33. The number of ether oxygens (including phenoxy) is 1. The molecule has 1 atom stereocenters. The van der Waals surface area contributed by atoms with Crippen LogP contribution in [0.5, 0.6) is 0 Å². The fourth-order valence-corrected chi connectivity index (χ4v) is 4.34. The molecule has 4 rings (SSSR count). The molecule has 8 nitrogen and oxygen atoms in total. The van der Waals surface area contributed by atoms with Gasteiger partial charge in [0.1, 0.15) is 12.6 Å². The number of nitrogens with zero attached hydrogens (tertiary/aromatic N) is 2. The van der Waals surface area contributed by atoms with Gasteiger partial charge in [0.05, 0.1) is 10.4 Å². The predicted molar refractivity (Wildman–Crippen MR) is 119 cm³/mol. The van der Waals surface area contributed by atoms with Gasteiger partial charge in [-0.3, -0.25) is 9.69 Å². The molecule has 0 spiro atoms. The van der Waals surface area contributed by atoms with E-state index in [0.717, 1.165) is 10.4 Å². The monoisotopic (exact) mass is 451 g/mol. The van der Waals surface area contributed by atoms with E-state index in [4.69, 9.17) is 9.84 Å². The van der Waals surface area contributed by atoms with Crippen molar-refractivity contribution in [3.05, 3.63) is 71.9 Å². The second-order valence-electron chi connectivity index (χ2n) is 7.30. The Morgan fingerprint density at radius 3 is 2.75 bits per heavy atom. The highest BCUT2D eigenvalue weighted by molar-refractivity contribution is 7.19. The third-order valence-electron chi connectivity index (χ3n) is 5.12. The number of carbonyl (C=O) groups is 3. The number of aromatic nitrogens is 1. The first-order chi connectivity index (χ1) is 15.5. The number of carbonyl (C=O) groups excluding carboxylic acids is 2. The molecular weight excluding hydrogens is 430 g/mol. The lowest BCUT2D eigenvalue weighted by molar-refractivity contribution is -0.120. The van der Waals surface area contributed by atoms with E-state index in [0.29, 0.717) is 30.1 Å². The van der Waals surface area contributed by atoms with E-state index in [1.165, 1.54) is 22.3 Å². The van der Waals surface area contributed by atoms with Gasteiger partial charge in [0.15, 0.2) is 5.13 Å². The molecule has 0 saturated carbocycles. The van der Waals surface area contributed by atoms with Crippen molar-refractivity contribution in [3.63, 3.8) is 0 Å². The Hall–Kier alpha value is -3.72. The van der Waals surface area contributed by atoms with Gasteiger partial charge < -0.3 is 15.2 Å². The second kappa shape index (κ2) is 9.61. The van der Waals surface area contributed by atoms with Crippen molar-refractivity contribution in [1.29, 1.82) is 0 Å². The van der Waals surface area contributed by atoms with Crippen molar-refractivity contribution in [3.8, 4) is 10.4 Å². The normalized spacial score (nSPS) is 15.4. The number of nitrogens with one attached hydrogen (secondary N) is 1. The molecule has 0 aliphatic carbocycles. The van der Waals surface area contributed by atoms with Gasteiger partial charge in [-0.25, -0.2) is 14.6 Å². The summed E-state index contributed by atoms with van der Waals surface area (Å²) in [5, 5.41) is 12.3. The van der Waals surface area contributed by atoms with Crippen molar-refractivity contribution in [1.82, 2.24) is 9.88 Å². The van der Waals surface area contributed by atoms with Crippen LogP contribution in [0.15, 0.2) is 60.8 Å². The molecule has 1 aliphatic rings. The van der Waals surface area contributed by atoms with Crippen molar-refractivity contribution in [2.45, 2.75) is 25.5 Å². The van der Waals surface area contributed by atoms with Crippen molar-refractivity contribution in [2.24, 2.45) is 0 Å². The van der Waals surface area contributed by atoms with Crippen molar-refractivity contribution in [2.75, 3.05) is 11.9 Å². The van der Waals surface area contributed by atoms with Gasteiger partial charge in [-0.2, -0.15) is 0 Å². The average Bonchev–Trinajstić information content (AvgIpc) is 3.48. The van der Waals surface area contributed by atoms with Crippen LogP contribution in [0, 0.1) is 0 Å². The lowest BCUT2D eigenvalue weighted by atomic mass is 10.1. The van der Waals surface area contributed by atoms with E-state index >= 15 is 0 Å². The molecule has 2 aromatic carbocycles. The van der Waals surface area contributed by atoms with Crippen LogP contribution in [-0.4, -0.2) is 45.5 Å². The third-order valence-corrected chi connectivity index (χ3v) is 6.09. The summed E-state index contributed by atoms with van der Waals surface area (Å²) in [5.41, 5.74) is 1.76. The molecule has 0 bridgehead atoms. The lowest BCUT2D eigenvalue weighted by Gasteiger charge is -2.22. The van der Waals surface area contributed by atoms with Gasteiger partial charge in [0.2, 0.25) is 5.91 Å². The van der Waals surface area contributed by atoms with Crippen LogP contribution in [-0.2, 0) is 16.1 Å². The number of carboxylic acids is 1. The van der Waals surface area contributed by atoms with Gasteiger partial charge >= 0.3 is 12.1 Å². The summed E-state index contributed by atoms with van der Waals surface area (Å²) in [5.74, 6) is -1.33. The summed E-state index contributed by atoms with van der Waals surface area (Å²) in [7, 11) is 0. The molecule has 2 heterocycles. The Bertz CT molecular complexity index is 1130. The first kappa shape index (κ1) is 21.5. The van der Waals surface area contributed by atoms with Crippen LogP contribution in [0.2, 0.25) is 0 Å². The topological polar surface area (TPSA) is 109 Å². The molecule has 2 N–H and O–H groups in total. The van der Waals surface area contributed by atoms with Crippen LogP contribution in [0.1, 0.15) is 28.8 Å². The molecule has 164 valence electrons. The van der Waals surface area contributed by atoms with Gasteiger partial charge in [-0.05, 0) is 36.1 Å². The minimum Gasteiger partial charge on any atom is -0.478 e. The van der Waals surface area contributed by atoms with E-state index in [1.807, 2.05) is 30.3 Å². The number of hydrogen-bond acceptors (Lipinski definition) is 6. The average molecular weight is 452 g/mol. The predicted octanol–water partition coefficient (Wildman–Crippen LogP) is 4.25. The summed E-state index contributed by atoms with van der Waals surface area (Å²) < 4.78 is 5.38. The quantitative estimate of drug-likeness (QED) is 0.580. The largest absolute Gasteiger partial charge is 0.478 e. The smallest absolute Gasteiger partial charge is 0.410 e. The summed E-state index contributed by atoms with van der Waals surface area (Å²) in [6.45, 7) is 0.604. The number of likely N-dealkylation sites (tertiary alicyclic amines) is 1. The van der Waals surface area contributed by atoms with Gasteiger partial charge in [0.25, 0.3) is 0 Å². The second-order valence-corrected chi connectivity index (χ2v) is 8.33. The highest BCUT2D eigenvalue weighted by Gasteiger charge is 2.35. The SMILES string of the molecule is O=C(O)c1cccc(-c2cnc(NC(=O)C3CCCN3C(=O)OCc3ccccc3)s2)c1. The standard InChI is InChI=1S/C23H21N3O5S/c27-20(18-10-5-11-26(18)23(30)31-14-15-6-2-1-3-7-15)25-22-24-13-19(32-22)16-8-4-9-17(12-16)21(28)29/h1-4,6-9,12-13,18H,5,10-11,14H2,(H,28,29)(H,24,25,27). The van der Waals surface area contributed by atoms with E-state index in [1.54, 1.807) is 24.4 Å². The molecule has 2 amide bonds. The van der Waals surface area contributed by atoms with Crippen LogP contribution in [0.3, 0.4) is 0 Å². The summed E-state index contributed by atoms with van der Waals surface area (Å²) in [4.78, 5) is 42.9. The molecule has 3 aromatic rings. The molecule has 1 unspecified atom stereocenters. The molecular formula is C23H21N3O5S. The zero-order valence-electron chi connectivity index (χ0n) is 17.1. The number of amides is 2. The Labute approximate surface area is 188 Å². The Kier molecular flexibility index (Phi) is 6.46. The molecule has 0 radical (unpaired) electrons. The number of hydrogen-bond donors (Lipinski definition) is 2. The van der Waals surface area contributed by atoms with Crippen LogP contribution in [0.25, 0.3) is 10.4 Å². The van der Waals surface area contributed by atoms with E-state index in [2.05, 4.69) is 10.3 Å². The Morgan fingerprint density at radius 1 is 1.16 bits per heavy atom. The Morgan fingerprint density at radius 2 is 1.97 bits per heavy atom. The molecule has 9 heteroatoms. The molecule has 1 fully saturated rings. The van der Waals surface area contributed by atoms with E-state index < -0.39 is 18.1 Å². The number of carboxylic acid groups (broad SMARTS) is 1. The Balaban J connectivity index is 1.38. The maximum absolute atomic E-state index is 12.8. The maximum Gasteiger partial charge on any atom is 0.410 e. The number of benzene rings is 2. The molecule has 32 heavy (non-hydrogen) atoms. The fraction of sp³-hybridized carbons (Fsp3) is 0.217. The van der Waals surface area contributed by atoms with Gasteiger partial charge in [-0.15, -0.1) is 0 Å². The first-order valence-corrected chi connectivity index (χ1v) is 10.9. The fourth-order valence-electron chi connectivity index (χ4n) is 3.52. The molecule has 1 aliphatic heterocycles. The van der Waals surface area contributed by atoms with Crippen LogP contribution >= 0.6 is 11.3 Å². The highest BCUT2D eigenvalue weighted by atomic mass is 32.1.